The molecule has 7 nitrogen and oxygen atoms in total. The maximum Gasteiger partial charge on any atom is 0.264 e. The highest BCUT2D eigenvalue weighted by atomic mass is 32.2. The van der Waals surface area contributed by atoms with E-state index in [9.17, 15) is 13.2 Å². The molecule has 2 aliphatic rings. The molecule has 0 radical (unpaired) electrons. The van der Waals surface area contributed by atoms with Crippen molar-refractivity contribution < 1.29 is 22.7 Å². The van der Waals surface area contributed by atoms with E-state index in [1.54, 1.807) is 18.2 Å². The van der Waals surface area contributed by atoms with E-state index in [1.165, 1.54) is 35.5 Å². The fraction of sp³-hybridized carbons (Fsp3) is 0.444. The van der Waals surface area contributed by atoms with Crippen molar-refractivity contribution in [1.82, 2.24) is 5.32 Å². The zero-order valence-electron chi connectivity index (χ0n) is 20.8. The van der Waals surface area contributed by atoms with Gasteiger partial charge in [-0.15, -0.1) is 0 Å². The monoisotopic (exact) mass is 498 g/mol. The van der Waals surface area contributed by atoms with Gasteiger partial charge in [0.25, 0.3) is 15.9 Å². The Morgan fingerprint density at radius 3 is 2.51 bits per heavy atom. The van der Waals surface area contributed by atoms with Crippen LogP contribution in [0.3, 0.4) is 0 Å². The van der Waals surface area contributed by atoms with Gasteiger partial charge >= 0.3 is 0 Å². The van der Waals surface area contributed by atoms with Gasteiger partial charge in [0.1, 0.15) is 11.5 Å². The van der Waals surface area contributed by atoms with E-state index in [4.69, 9.17) is 9.47 Å². The van der Waals surface area contributed by atoms with Crippen LogP contribution in [0.1, 0.15) is 52.0 Å². The predicted octanol–water partition coefficient (Wildman–Crippen LogP) is 4.57. The second-order valence-corrected chi connectivity index (χ2v) is 11.9. The lowest BCUT2D eigenvalue weighted by atomic mass is 9.86. The molecule has 4 rings (SSSR count). The van der Waals surface area contributed by atoms with Crippen LogP contribution in [0.5, 0.6) is 11.5 Å². The highest BCUT2D eigenvalue weighted by Gasteiger charge is 2.38. The first kappa shape index (κ1) is 25.1. The average molecular weight is 499 g/mol. The molecule has 0 spiro atoms. The number of hydrogen-bond acceptors (Lipinski definition) is 5. The Morgan fingerprint density at radius 2 is 1.89 bits per heavy atom. The summed E-state index contributed by atoms with van der Waals surface area (Å²) in [6, 6.07) is 11.8. The van der Waals surface area contributed by atoms with Crippen molar-refractivity contribution in [2.75, 3.05) is 24.5 Å². The molecule has 1 heterocycles. The summed E-state index contributed by atoms with van der Waals surface area (Å²) in [5.74, 6) is 0.617. The summed E-state index contributed by atoms with van der Waals surface area (Å²) in [5.41, 5.74) is 2.43. The molecule has 188 valence electrons. The van der Waals surface area contributed by atoms with Gasteiger partial charge in [0, 0.05) is 6.54 Å². The number of methoxy groups -OCH3 is 1. The first-order valence-corrected chi connectivity index (χ1v) is 13.5. The Morgan fingerprint density at radius 1 is 1.14 bits per heavy atom. The normalized spacial score (nSPS) is 18.2. The van der Waals surface area contributed by atoms with Gasteiger partial charge in [0.05, 0.1) is 24.2 Å². The molecule has 0 unspecified atom stereocenters. The second kappa shape index (κ2) is 9.93. The number of fused-ring (bicyclic) bond motifs is 1. The molecule has 1 atom stereocenters. The summed E-state index contributed by atoms with van der Waals surface area (Å²) < 4.78 is 40.1. The standard InChI is InChI=1S/C27H34N2O5S/c1-27(2,3)20-10-15-24-23(16-20)29(35(31,32)22-13-11-21(33-4)12-14-22)18-25(34-24)26(30)28-17-19-8-6-5-7-9-19/h8,10-16,25H,5-7,9,17-18H2,1-4H3,(H,28,30)/t25-/m0/s1. The van der Waals surface area contributed by atoms with Crippen LogP contribution in [0.15, 0.2) is 59.0 Å². The molecular formula is C27H34N2O5S. The number of allylic oxidation sites excluding steroid dienone is 1. The lowest BCUT2D eigenvalue weighted by Crippen LogP contribution is -2.51. The number of benzene rings is 2. The van der Waals surface area contributed by atoms with Crippen LogP contribution in [0.25, 0.3) is 0 Å². The lowest BCUT2D eigenvalue weighted by Gasteiger charge is -2.36. The molecule has 2 aromatic rings. The van der Waals surface area contributed by atoms with E-state index in [0.29, 0.717) is 23.7 Å². The summed E-state index contributed by atoms with van der Waals surface area (Å²) in [6.07, 6.45) is 5.52. The van der Waals surface area contributed by atoms with Crippen molar-refractivity contribution in [3.8, 4) is 11.5 Å². The van der Waals surface area contributed by atoms with Gasteiger partial charge in [-0.05, 0) is 73.1 Å². The molecule has 0 saturated heterocycles. The largest absolute Gasteiger partial charge is 0.497 e. The fourth-order valence-electron chi connectivity index (χ4n) is 4.34. The van der Waals surface area contributed by atoms with Gasteiger partial charge in [-0.1, -0.05) is 38.5 Å². The van der Waals surface area contributed by atoms with E-state index in [1.807, 2.05) is 12.1 Å². The number of hydrogen-bond donors (Lipinski definition) is 1. The summed E-state index contributed by atoms with van der Waals surface area (Å²) in [7, 11) is -2.43. The van der Waals surface area contributed by atoms with Crippen molar-refractivity contribution in [2.24, 2.45) is 0 Å². The SMILES string of the molecule is COc1ccc(S(=O)(=O)N2C[C@@H](C(=O)NCC3=CCCCC3)Oc3ccc(C(C)(C)C)cc32)cc1. The topological polar surface area (TPSA) is 84.9 Å². The molecule has 1 amide bonds. The summed E-state index contributed by atoms with van der Waals surface area (Å²) in [6.45, 7) is 6.55. The highest BCUT2D eigenvalue weighted by molar-refractivity contribution is 7.92. The number of carbonyl (C=O) groups is 1. The predicted molar refractivity (Wildman–Crippen MR) is 137 cm³/mol. The summed E-state index contributed by atoms with van der Waals surface area (Å²) >= 11 is 0. The van der Waals surface area contributed by atoms with Gasteiger partial charge in [-0.25, -0.2) is 8.42 Å². The van der Waals surface area contributed by atoms with E-state index < -0.39 is 16.1 Å². The maximum atomic E-state index is 13.8. The Kier molecular flexibility index (Phi) is 7.12. The fourth-order valence-corrected chi connectivity index (χ4v) is 5.80. The second-order valence-electron chi connectivity index (χ2n) is 10.1. The first-order chi connectivity index (χ1) is 16.6. The number of nitrogens with one attached hydrogen (secondary N) is 1. The Balaban J connectivity index is 1.67. The number of rotatable bonds is 6. The van der Waals surface area contributed by atoms with Gasteiger partial charge in [-0.3, -0.25) is 9.10 Å². The molecule has 2 aromatic carbocycles. The van der Waals surface area contributed by atoms with Crippen LogP contribution in [-0.2, 0) is 20.2 Å². The van der Waals surface area contributed by atoms with Crippen LogP contribution >= 0.6 is 0 Å². The highest BCUT2D eigenvalue weighted by Crippen LogP contribution is 2.40. The summed E-state index contributed by atoms with van der Waals surface area (Å²) in [5, 5.41) is 2.95. The number of sulfonamides is 1. The third-order valence-electron chi connectivity index (χ3n) is 6.51. The van der Waals surface area contributed by atoms with Crippen molar-refractivity contribution in [3.05, 3.63) is 59.7 Å². The summed E-state index contributed by atoms with van der Waals surface area (Å²) in [4.78, 5) is 13.2. The number of amides is 1. The molecule has 35 heavy (non-hydrogen) atoms. The van der Waals surface area contributed by atoms with Crippen molar-refractivity contribution in [2.45, 2.75) is 62.9 Å². The van der Waals surface area contributed by atoms with Crippen molar-refractivity contribution in [1.29, 1.82) is 0 Å². The first-order valence-electron chi connectivity index (χ1n) is 12.0. The van der Waals surface area contributed by atoms with E-state index in [0.717, 1.165) is 24.8 Å². The maximum absolute atomic E-state index is 13.8. The molecule has 0 bridgehead atoms. The van der Waals surface area contributed by atoms with E-state index >= 15 is 0 Å². The van der Waals surface area contributed by atoms with Gasteiger partial charge < -0.3 is 14.8 Å². The van der Waals surface area contributed by atoms with Crippen LogP contribution in [0, 0.1) is 0 Å². The van der Waals surface area contributed by atoms with Crippen molar-refractivity contribution in [3.63, 3.8) is 0 Å². The Labute approximate surface area is 208 Å². The molecule has 1 N–H and O–H groups in total. The van der Waals surface area contributed by atoms with E-state index in [2.05, 4.69) is 32.2 Å². The Hall–Kier alpha value is -3.00. The van der Waals surface area contributed by atoms with Gasteiger partial charge in [0.15, 0.2) is 6.10 Å². The van der Waals surface area contributed by atoms with Gasteiger partial charge in [0.2, 0.25) is 0 Å². The molecule has 0 saturated carbocycles. The molecule has 0 aromatic heterocycles. The quantitative estimate of drug-likeness (QED) is 0.590. The molecule has 1 aliphatic heterocycles. The van der Waals surface area contributed by atoms with Gasteiger partial charge in [-0.2, -0.15) is 0 Å². The number of nitrogens with zero attached hydrogens (tertiary/aromatic N) is 1. The molecular weight excluding hydrogens is 464 g/mol. The molecule has 0 fully saturated rings. The zero-order valence-corrected chi connectivity index (χ0v) is 21.7. The minimum Gasteiger partial charge on any atom is -0.497 e. The average Bonchev–Trinajstić information content (AvgIpc) is 2.86. The number of ether oxygens (including phenoxy) is 2. The molecule has 8 heteroatoms. The van der Waals surface area contributed by atoms with Crippen LogP contribution in [0.2, 0.25) is 0 Å². The van der Waals surface area contributed by atoms with Crippen LogP contribution in [-0.4, -0.2) is 40.6 Å². The third-order valence-corrected chi connectivity index (χ3v) is 8.30. The zero-order chi connectivity index (χ0) is 25.2. The third kappa shape index (κ3) is 5.48. The minimum absolute atomic E-state index is 0.111. The number of carbonyl (C=O) groups excluding carboxylic acids is 1. The number of anilines is 1. The van der Waals surface area contributed by atoms with Crippen molar-refractivity contribution >= 4 is 21.6 Å². The minimum atomic E-state index is -3.96. The molecule has 1 aliphatic carbocycles. The van der Waals surface area contributed by atoms with E-state index in [-0.39, 0.29) is 22.8 Å². The van der Waals surface area contributed by atoms with Crippen LogP contribution < -0.4 is 19.1 Å². The lowest BCUT2D eigenvalue weighted by molar-refractivity contribution is -0.127. The van der Waals surface area contributed by atoms with Crippen LogP contribution in [0.4, 0.5) is 5.69 Å². The Bertz CT molecular complexity index is 1210. The smallest absolute Gasteiger partial charge is 0.264 e.